The standard InChI is InChI=1S/C28H26F2N6O4S/c1-18-14-23(40-4)26(30)27(25(18)29)34(16-24-31-12-13-36(24)41(38,39)33(2)3)20-10-11-22-21(15-20)28(37)35(17-32-22)19-8-6-5-7-9-19/h5-15,17H,16H2,1-4H3. The number of halogens is 2. The second-order valence-corrected chi connectivity index (χ2v) is 11.4. The monoisotopic (exact) mass is 580 g/mol. The Labute approximate surface area is 234 Å². The molecular weight excluding hydrogens is 554 g/mol. The van der Waals surface area contributed by atoms with Gasteiger partial charge >= 0.3 is 10.2 Å². The van der Waals surface area contributed by atoms with Gasteiger partial charge in [0, 0.05) is 32.2 Å². The van der Waals surface area contributed by atoms with E-state index in [-0.39, 0.29) is 34.8 Å². The highest BCUT2D eigenvalue weighted by molar-refractivity contribution is 7.87. The lowest BCUT2D eigenvalue weighted by atomic mass is 10.1. The Hall–Kier alpha value is -4.62. The van der Waals surface area contributed by atoms with Crippen molar-refractivity contribution < 1.29 is 21.9 Å². The molecule has 0 unspecified atom stereocenters. The highest BCUT2D eigenvalue weighted by atomic mass is 32.2. The van der Waals surface area contributed by atoms with Crippen molar-refractivity contribution in [2.45, 2.75) is 13.5 Å². The molecule has 41 heavy (non-hydrogen) atoms. The van der Waals surface area contributed by atoms with Crippen LogP contribution in [0.2, 0.25) is 0 Å². The van der Waals surface area contributed by atoms with Crippen molar-refractivity contribution in [3.63, 3.8) is 0 Å². The molecule has 0 fully saturated rings. The Morgan fingerprint density at radius 2 is 1.73 bits per heavy atom. The summed E-state index contributed by atoms with van der Waals surface area (Å²) in [6, 6.07) is 14.7. The molecule has 0 saturated carbocycles. The molecule has 2 heterocycles. The summed E-state index contributed by atoms with van der Waals surface area (Å²) in [6.45, 7) is 1.08. The molecule has 0 aliphatic carbocycles. The highest BCUT2D eigenvalue weighted by Gasteiger charge is 2.28. The minimum atomic E-state index is -4.01. The van der Waals surface area contributed by atoms with E-state index in [0.717, 1.165) is 8.28 Å². The zero-order valence-electron chi connectivity index (χ0n) is 22.6. The third-order valence-corrected chi connectivity index (χ3v) is 8.35. The van der Waals surface area contributed by atoms with Crippen LogP contribution in [-0.4, -0.2) is 52.4 Å². The largest absolute Gasteiger partial charge is 0.494 e. The fraction of sp³-hybridized carbons (Fsp3) is 0.179. The summed E-state index contributed by atoms with van der Waals surface area (Å²) in [5.74, 6) is -2.12. The van der Waals surface area contributed by atoms with Crippen molar-refractivity contribution in [3.05, 3.63) is 107 Å². The second-order valence-electron chi connectivity index (χ2n) is 9.34. The molecule has 0 aliphatic heterocycles. The lowest BCUT2D eigenvalue weighted by Crippen LogP contribution is -2.31. The number of anilines is 2. The Balaban J connectivity index is 1.75. The van der Waals surface area contributed by atoms with E-state index in [4.69, 9.17) is 4.74 Å². The van der Waals surface area contributed by atoms with Crippen LogP contribution in [-0.2, 0) is 16.8 Å². The average Bonchev–Trinajstić information content (AvgIpc) is 3.44. The molecule has 0 amide bonds. The maximum absolute atomic E-state index is 15.8. The van der Waals surface area contributed by atoms with Crippen LogP contribution < -0.4 is 15.2 Å². The van der Waals surface area contributed by atoms with E-state index in [9.17, 15) is 13.2 Å². The minimum Gasteiger partial charge on any atom is -0.494 e. The summed E-state index contributed by atoms with van der Waals surface area (Å²) in [7, 11) is -0.0361. The lowest BCUT2D eigenvalue weighted by molar-refractivity contribution is 0.383. The van der Waals surface area contributed by atoms with Gasteiger partial charge in [-0.3, -0.25) is 9.36 Å². The molecular formula is C28H26F2N6O4S. The molecule has 2 aromatic heterocycles. The van der Waals surface area contributed by atoms with E-state index < -0.39 is 33.1 Å². The first kappa shape index (κ1) is 27.9. The van der Waals surface area contributed by atoms with Crippen molar-refractivity contribution in [2.75, 3.05) is 26.1 Å². The molecule has 0 bridgehead atoms. The zero-order chi connectivity index (χ0) is 29.5. The molecule has 3 aromatic carbocycles. The summed E-state index contributed by atoms with van der Waals surface area (Å²) >= 11 is 0. The van der Waals surface area contributed by atoms with Crippen molar-refractivity contribution in [3.8, 4) is 11.4 Å². The number of imidazole rings is 1. The van der Waals surface area contributed by atoms with Crippen LogP contribution in [0.3, 0.4) is 0 Å². The SMILES string of the molecule is COc1cc(C)c(F)c(N(Cc2nccn2S(=O)(=O)N(C)C)c2ccc3ncn(-c4ccccc4)c(=O)c3c2)c1F. The van der Waals surface area contributed by atoms with Crippen molar-refractivity contribution >= 4 is 32.5 Å². The first-order valence-corrected chi connectivity index (χ1v) is 13.8. The third-order valence-electron chi connectivity index (χ3n) is 6.59. The second kappa shape index (κ2) is 10.7. The van der Waals surface area contributed by atoms with Gasteiger partial charge in [0.25, 0.3) is 5.56 Å². The van der Waals surface area contributed by atoms with Gasteiger partial charge in [-0.25, -0.2) is 22.7 Å². The van der Waals surface area contributed by atoms with Gasteiger partial charge in [-0.15, -0.1) is 0 Å². The Bertz CT molecular complexity index is 1920. The minimum absolute atomic E-state index is 0.0223. The predicted molar refractivity (Wildman–Crippen MR) is 151 cm³/mol. The van der Waals surface area contributed by atoms with E-state index >= 15 is 8.78 Å². The summed E-state index contributed by atoms with van der Waals surface area (Å²) in [4.78, 5) is 23.3. The van der Waals surface area contributed by atoms with Gasteiger partial charge in [0.2, 0.25) is 0 Å². The van der Waals surface area contributed by atoms with Gasteiger partial charge in [0.1, 0.15) is 17.8 Å². The maximum atomic E-state index is 15.8. The van der Waals surface area contributed by atoms with E-state index in [0.29, 0.717) is 11.2 Å². The van der Waals surface area contributed by atoms with Gasteiger partial charge in [-0.1, -0.05) is 18.2 Å². The van der Waals surface area contributed by atoms with Gasteiger partial charge in [0.05, 0.1) is 30.2 Å². The quantitative estimate of drug-likeness (QED) is 0.272. The van der Waals surface area contributed by atoms with Crippen LogP contribution in [0.5, 0.6) is 5.75 Å². The van der Waals surface area contributed by atoms with Gasteiger partial charge in [0.15, 0.2) is 17.4 Å². The Morgan fingerprint density at radius 1 is 1.00 bits per heavy atom. The zero-order valence-corrected chi connectivity index (χ0v) is 23.4. The number of methoxy groups -OCH3 is 1. The van der Waals surface area contributed by atoms with Crippen LogP contribution in [0.1, 0.15) is 11.4 Å². The van der Waals surface area contributed by atoms with Crippen LogP contribution >= 0.6 is 0 Å². The fourth-order valence-corrected chi connectivity index (χ4v) is 5.35. The number of hydrogen-bond acceptors (Lipinski definition) is 7. The van der Waals surface area contributed by atoms with E-state index in [1.165, 1.54) is 68.4 Å². The molecule has 0 aliphatic rings. The number of fused-ring (bicyclic) bond motifs is 1. The number of aromatic nitrogens is 4. The van der Waals surface area contributed by atoms with Gasteiger partial charge < -0.3 is 9.64 Å². The number of nitrogens with zero attached hydrogens (tertiary/aromatic N) is 6. The molecule has 0 atom stereocenters. The molecule has 212 valence electrons. The molecule has 0 N–H and O–H groups in total. The smallest absolute Gasteiger partial charge is 0.308 e. The fourth-order valence-electron chi connectivity index (χ4n) is 4.42. The van der Waals surface area contributed by atoms with E-state index in [2.05, 4.69) is 9.97 Å². The summed E-state index contributed by atoms with van der Waals surface area (Å²) < 4.78 is 65.8. The molecule has 13 heteroatoms. The van der Waals surface area contributed by atoms with E-state index in [1.54, 1.807) is 36.4 Å². The normalized spacial score (nSPS) is 11.8. The average molecular weight is 581 g/mol. The van der Waals surface area contributed by atoms with Crippen LogP contribution in [0.4, 0.5) is 20.2 Å². The number of hydrogen-bond donors (Lipinski definition) is 0. The number of ether oxygens (including phenoxy) is 1. The van der Waals surface area contributed by atoms with Crippen molar-refractivity contribution in [1.29, 1.82) is 0 Å². The van der Waals surface area contributed by atoms with E-state index in [1.807, 2.05) is 6.07 Å². The molecule has 0 spiro atoms. The van der Waals surface area contributed by atoms with Gasteiger partial charge in [-0.2, -0.15) is 12.7 Å². The molecule has 0 saturated heterocycles. The summed E-state index contributed by atoms with van der Waals surface area (Å²) in [6.07, 6.45) is 3.93. The number of benzene rings is 3. The maximum Gasteiger partial charge on any atom is 0.308 e. The lowest BCUT2D eigenvalue weighted by Gasteiger charge is -2.27. The summed E-state index contributed by atoms with van der Waals surface area (Å²) in [5, 5.41) is 0.184. The van der Waals surface area contributed by atoms with Gasteiger partial charge in [-0.05, 0) is 48.9 Å². The van der Waals surface area contributed by atoms with Crippen LogP contribution in [0.15, 0.2) is 78.1 Å². The highest BCUT2D eigenvalue weighted by Crippen LogP contribution is 2.38. The van der Waals surface area contributed by atoms with Crippen molar-refractivity contribution in [1.82, 2.24) is 22.8 Å². The first-order valence-electron chi connectivity index (χ1n) is 12.4. The third kappa shape index (κ3) is 4.93. The topological polar surface area (TPSA) is 103 Å². The predicted octanol–water partition coefficient (Wildman–Crippen LogP) is 4.17. The van der Waals surface area contributed by atoms with Crippen LogP contribution in [0.25, 0.3) is 16.6 Å². The first-order chi connectivity index (χ1) is 19.5. The van der Waals surface area contributed by atoms with Crippen LogP contribution in [0, 0.1) is 18.6 Å². The molecule has 10 nitrogen and oxygen atoms in total. The molecule has 5 aromatic rings. The molecule has 5 rings (SSSR count). The van der Waals surface area contributed by atoms with Crippen molar-refractivity contribution in [2.24, 2.45) is 0 Å². The number of para-hydroxylation sites is 1. The number of rotatable bonds is 8. The molecule has 0 radical (unpaired) electrons. The Morgan fingerprint density at radius 3 is 2.41 bits per heavy atom. The number of aryl methyl sites for hydroxylation is 1. The Kier molecular flexibility index (Phi) is 7.32. The summed E-state index contributed by atoms with van der Waals surface area (Å²) in [5.41, 5.74) is 0.356.